The molecule has 0 saturated heterocycles. The van der Waals surface area contributed by atoms with Gasteiger partial charge in [-0.2, -0.15) is 0 Å². The van der Waals surface area contributed by atoms with E-state index in [1.807, 2.05) is 23.5 Å². The molecule has 0 aliphatic heterocycles. The van der Waals surface area contributed by atoms with Crippen LogP contribution in [-0.2, 0) is 0 Å². The maximum atomic E-state index is 2.27. The van der Waals surface area contributed by atoms with Gasteiger partial charge in [-0.05, 0) is 36.5 Å². The van der Waals surface area contributed by atoms with Gasteiger partial charge in [0.15, 0.2) is 0 Å². The summed E-state index contributed by atoms with van der Waals surface area (Å²) in [6.07, 6.45) is 4.33. The van der Waals surface area contributed by atoms with Crippen LogP contribution in [0, 0.1) is 6.92 Å². The monoisotopic (exact) mass is 226 g/mol. The lowest BCUT2D eigenvalue weighted by Crippen LogP contribution is -1.94. The van der Waals surface area contributed by atoms with Crippen molar-refractivity contribution in [1.29, 1.82) is 0 Å². The first-order valence-corrected chi connectivity index (χ1v) is 7.28. The molecule has 2 heteroatoms. The highest BCUT2D eigenvalue weighted by atomic mass is 32.2. The Hall–Kier alpha value is -0.0800. The van der Waals surface area contributed by atoms with E-state index in [9.17, 15) is 0 Å². The summed E-state index contributed by atoms with van der Waals surface area (Å²) in [6.45, 7) is 6.71. The Morgan fingerprint density at radius 3 is 2.00 bits per heavy atom. The molecular formula is C12H18S2. The van der Waals surface area contributed by atoms with E-state index in [0.29, 0.717) is 5.92 Å². The predicted molar refractivity (Wildman–Crippen MR) is 68.8 cm³/mol. The van der Waals surface area contributed by atoms with Gasteiger partial charge in [0.25, 0.3) is 0 Å². The zero-order valence-electron chi connectivity index (χ0n) is 9.55. The van der Waals surface area contributed by atoms with Gasteiger partial charge in [0.05, 0.1) is 0 Å². The average Bonchev–Trinajstić information content (AvgIpc) is 2.16. The summed E-state index contributed by atoms with van der Waals surface area (Å²) in [4.78, 5) is 2.91. The topological polar surface area (TPSA) is 0 Å². The Morgan fingerprint density at radius 1 is 1.00 bits per heavy atom. The van der Waals surface area contributed by atoms with Crippen LogP contribution in [0.1, 0.15) is 30.9 Å². The van der Waals surface area contributed by atoms with Gasteiger partial charge in [0.1, 0.15) is 0 Å². The third-order valence-electron chi connectivity index (χ3n) is 2.37. The van der Waals surface area contributed by atoms with Gasteiger partial charge in [0, 0.05) is 9.79 Å². The Bertz CT molecular complexity index is 316. The van der Waals surface area contributed by atoms with Crippen LogP contribution in [-0.4, -0.2) is 12.5 Å². The standard InChI is InChI=1S/C12H18S2/c1-8(2)10-7-6-9(3)11(13-4)12(10)14-5/h6-8H,1-5H3. The lowest BCUT2D eigenvalue weighted by molar-refractivity contribution is 0.827. The molecule has 0 nitrogen and oxygen atoms in total. The van der Waals surface area contributed by atoms with Gasteiger partial charge in [-0.3, -0.25) is 0 Å². The van der Waals surface area contributed by atoms with Crippen molar-refractivity contribution >= 4 is 23.5 Å². The van der Waals surface area contributed by atoms with Gasteiger partial charge < -0.3 is 0 Å². The third-order valence-corrected chi connectivity index (χ3v) is 4.28. The van der Waals surface area contributed by atoms with Crippen LogP contribution in [0.4, 0.5) is 0 Å². The lowest BCUT2D eigenvalue weighted by atomic mass is 10.0. The fourth-order valence-electron chi connectivity index (χ4n) is 1.60. The Kier molecular flexibility index (Phi) is 4.39. The molecular weight excluding hydrogens is 208 g/mol. The Balaban J connectivity index is 3.33. The van der Waals surface area contributed by atoms with Crippen LogP contribution in [0.25, 0.3) is 0 Å². The van der Waals surface area contributed by atoms with Crippen molar-refractivity contribution in [2.75, 3.05) is 12.5 Å². The number of hydrogen-bond donors (Lipinski definition) is 0. The maximum Gasteiger partial charge on any atom is 0.0242 e. The smallest absolute Gasteiger partial charge is 0.0242 e. The highest BCUT2D eigenvalue weighted by Crippen LogP contribution is 2.37. The van der Waals surface area contributed by atoms with Crippen LogP contribution in [0.15, 0.2) is 21.9 Å². The van der Waals surface area contributed by atoms with E-state index in [2.05, 4.69) is 45.4 Å². The van der Waals surface area contributed by atoms with Crippen LogP contribution in [0.2, 0.25) is 0 Å². The minimum Gasteiger partial charge on any atom is -0.128 e. The normalized spacial score (nSPS) is 11.0. The summed E-state index contributed by atoms with van der Waals surface area (Å²) < 4.78 is 0. The van der Waals surface area contributed by atoms with Crippen LogP contribution < -0.4 is 0 Å². The Labute approximate surface area is 95.9 Å². The quantitative estimate of drug-likeness (QED) is 0.693. The van der Waals surface area contributed by atoms with E-state index in [-0.39, 0.29) is 0 Å². The number of hydrogen-bond acceptors (Lipinski definition) is 2. The highest BCUT2D eigenvalue weighted by Gasteiger charge is 2.11. The second kappa shape index (κ2) is 5.13. The van der Waals surface area contributed by atoms with E-state index in [1.54, 1.807) is 0 Å². The molecule has 1 aromatic carbocycles. The van der Waals surface area contributed by atoms with Crippen molar-refractivity contribution in [2.24, 2.45) is 0 Å². The molecule has 0 fully saturated rings. The second-order valence-corrected chi connectivity index (χ2v) is 5.33. The molecule has 0 radical (unpaired) electrons. The van der Waals surface area contributed by atoms with Crippen molar-refractivity contribution in [1.82, 2.24) is 0 Å². The molecule has 0 atom stereocenters. The number of rotatable bonds is 3. The molecule has 1 aromatic rings. The van der Waals surface area contributed by atoms with Crippen molar-refractivity contribution in [3.05, 3.63) is 23.3 Å². The van der Waals surface area contributed by atoms with Crippen molar-refractivity contribution in [3.8, 4) is 0 Å². The summed E-state index contributed by atoms with van der Waals surface area (Å²) in [5.41, 5.74) is 2.87. The molecule has 0 amide bonds. The van der Waals surface area contributed by atoms with Crippen molar-refractivity contribution < 1.29 is 0 Å². The molecule has 0 saturated carbocycles. The van der Waals surface area contributed by atoms with Crippen molar-refractivity contribution in [3.63, 3.8) is 0 Å². The van der Waals surface area contributed by atoms with Crippen LogP contribution >= 0.6 is 23.5 Å². The summed E-state index contributed by atoms with van der Waals surface area (Å²) >= 11 is 3.73. The van der Waals surface area contributed by atoms with E-state index in [0.717, 1.165) is 0 Å². The molecule has 14 heavy (non-hydrogen) atoms. The maximum absolute atomic E-state index is 2.27. The third kappa shape index (κ3) is 2.29. The number of thioether (sulfide) groups is 2. The molecule has 0 N–H and O–H groups in total. The molecule has 0 unspecified atom stereocenters. The van der Waals surface area contributed by atoms with E-state index < -0.39 is 0 Å². The van der Waals surface area contributed by atoms with Crippen LogP contribution in [0.3, 0.4) is 0 Å². The van der Waals surface area contributed by atoms with Gasteiger partial charge in [-0.25, -0.2) is 0 Å². The molecule has 0 aliphatic carbocycles. The summed E-state index contributed by atoms with van der Waals surface area (Å²) in [6, 6.07) is 4.51. The van der Waals surface area contributed by atoms with E-state index >= 15 is 0 Å². The molecule has 0 aliphatic rings. The SMILES string of the molecule is CSc1c(C)ccc(C(C)C)c1SC. The molecule has 1 rings (SSSR count). The zero-order valence-corrected chi connectivity index (χ0v) is 11.2. The molecule has 0 heterocycles. The summed E-state index contributed by atoms with van der Waals surface area (Å²) in [5, 5.41) is 0. The first-order chi connectivity index (χ1) is 6.61. The Morgan fingerprint density at radius 2 is 1.57 bits per heavy atom. The molecule has 0 aromatic heterocycles. The summed E-state index contributed by atoms with van der Waals surface area (Å²) in [5.74, 6) is 0.615. The first kappa shape index (κ1) is 12.0. The molecule has 78 valence electrons. The summed E-state index contributed by atoms with van der Waals surface area (Å²) in [7, 11) is 0. The predicted octanol–water partition coefficient (Wildman–Crippen LogP) is 4.56. The van der Waals surface area contributed by atoms with E-state index in [1.165, 1.54) is 20.9 Å². The molecule has 0 bridgehead atoms. The number of benzene rings is 1. The van der Waals surface area contributed by atoms with Gasteiger partial charge >= 0.3 is 0 Å². The average molecular weight is 226 g/mol. The zero-order chi connectivity index (χ0) is 10.7. The lowest BCUT2D eigenvalue weighted by Gasteiger charge is -2.16. The minimum atomic E-state index is 0.615. The van der Waals surface area contributed by atoms with Gasteiger partial charge in [-0.15, -0.1) is 23.5 Å². The first-order valence-electron chi connectivity index (χ1n) is 4.83. The van der Waals surface area contributed by atoms with Crippen molar-refractivity contribution in [2.45, 2.75) is 36.5 Å². The van der Waals surface area contributed by atoms with E-state index in [4.69, 9.17) is 0 Å². The second-order valence-electron chi connectivity index (χ2n) is 3.69. The molecule has 0 spiro atoms. The van der Waals surface area contributed by atoms with Crippen LogP contribution in [0.5, 0.6) is 0 Å². The largest absolute Gasteiger partial charge is 0.128 e. The minimum absolute atomic E-state index is 0.615. The van der Waals surface area contributed by atoms with Gasteiger partial charge in [-0.1, -0.05) is 26.0 Å². The van der Waals surface area contributed by atoms with Gasteiger partial charge in [0.2, 0.25) is 0 Å². The fraction of sp³-hybridized carbons (Fsp3) is 0.500. The highest BCUT2D eigenvalue weighted by molar-refractivity contribution is 8.01. The number of aryl methyl sites for hydroxylation is 1. The fourth-order valence-corrected chi connectivity index (χ4v) is 3.67.